The largest absolute Gasteiger partial charge is 0.507 e. The maximum absolute atomic E-state index is 13.0. The van der Waals surface area contributed by atoms with Gasteiger partial charge in [-0.3, -0.25) is 9.59 Å². The van der Waals surface area contributed by atoms with E-state index >= 15 is 0 Å². The molecule has 0 spiro atoms. The average Bonchev–Trinajstić information content (AvgIpc) is 3.08. The Morgan fingerprint density at radius 3 is 2.36 bits per heavy atom. The lowest BCUT2D eigenvalue weighted by Gasteiger charge is -2.35. The van der Waals surface area contributed by atoms with E-state index in [9.17, 15) is 29.7 Å². The van der Waals surface area contributed by atoms with Crippen LogP contribution in [0.3, 0.4) is 0 Å². The molecule has 0 unspecified atom stereocenters. The van der Waals surface area contributed by atoms with Crippen molar-refractivity contribution in [3.05, 3.63) is 45.5 Å². The van der Waals surface area contributed by atoms with Crippen LogP contribution in [0.1, 0.15) is 62.6 Å². The Kier molecular flexibility index (Phi) is 8.74. The number of nitrogens with zero attached hydrogens (tertiary/aromatic N) is 1. The van der Waals surface area contributed by atoms with Crippen molar-refractivity contribution in [2.45, 2.75) is 65.9 Å². The molecule has 1 saturated heterocycles. The minimum atomic E-state index is -1.02. The third kappa shape index (κ3) is 5.25. The molecule has 196 valence electrons. The number of fused-ring (bicyclic) bond motifs is 1. The molecule has 36 heavy (non-hydrogen) atoms. The van der Waals surface area contributed by atoms with Gasteiger partial charge in [-0.25, -0.2) is 4.79 Å². The monoisotopic (exact) mass is 499 g/mol. The Hall–Kier alpha value is -2.97. The smallest absolute Gasteiger partial charge is 0.423 e. The summed E-state index contributed by atoms with van der Waals surface area (Å²) >= 11 is 0. The summed E-state index contributed by atoms with van der Waals surface area (Å²) in [5.74, 6) is -3.40. The molecular formula is C28H37NO7. The summed E-state index contributed by atoms with van der Waals surface area (Å²) in [6.45, 7) is 7.20. The number of likely N-dealkylation sites (tertiary alicyclic amines) is 1. The van der Waals surface area contributed by atoms with Crippen LogP contribution in [0.25, 0.3) is 6.08 Å². The van der Waals surface area contributed by atoms with Gasteiger partial charge in [0.1, 0.15) is 5.75 Å². The number of imide groups is 3. The summed E-state index contributed by atoms with van der Waals surface area (Å²) < 4.78 is 4.61. The third-order valence-electron chi connectivity index (χ3n) is 7.44. The zero-order chi connectivity index (χ0) is 26.7. The average molecular weight is 500 g/mol. The first-order valence-electron chi connectivity index (χ1n) is 12.5. The van der Waals surface area contributed by atoms with Gasteiger partial charge in [-0.2, -0.15) is 4.90 Å². The number of hydrogen-bond donors (Lipinski definition) is 3. The van der Waals surface area contributed by atoms with Crippen LogP contribution in [-0.4, -0.2) is 57.9 Å². The Bertz CT molecular complexity index is 1080. The second kappa shape index (κ2) is 11.4. The lowest BCUT2D eigenvalue weighted by atomic mass is 9.68. The molecule has 1 aliphatic heterocycles. The molecule has 2 aliphatic rings. The lowest BCUT2D eigenvalue weighted by molar-refractivity contribution is -0.137. The first-order chi connectivity index (χ1) is 17.0. The van der Waals surface area contributed by atoms with Gasteiger partial charge in [0.2, 0.25) is 11.8 Å². The number of amides is 3. The number of methoxy groups -OCH3 is 1. The molecule has 3 N–H and O–H groups in total. The molecule has 1 fully saturated rings. The summed E-state index contributed by atoms with van der Waals surface area (Å²) in [6, 6.07) is 3.86. The number of carbonyl (C=O) groups excluding carboxylic acids is 3. The number of rotatable bonds is 8. The van der Waals surface area contributed by atoms with E-state index in [1.165, 1.54) is 0 Å². The van der Waals surface area contributed by atoms with Crippen LogP contribution in [0.15, 0.2) is 28.9 Å². The van der Waals surface area contributed by atoms with Gasteiger partial charge in [0.25, 0.3) is 0 Å². The van der Waals surface area contributed by atoms with Gasteiger partial charge in [-0.15, -0.1) is 0 Å². The highest BCUT2D eigenvalue weighted by molar-refractivity contribution is 6.15. The molecule has 8 nitrogen and oxygen atoms in total. The van der Waals surface area contributed by atoms with Crippen molar-refractivity contribution < 1.29 is 34.4 Å². The zero-order valence-electron chi connectivity index (χ0n) is 21.7. The van der Waals surface area contributed by atoms with Crippen LogP contribution in [-0.2, 0) is 14.3 Å². The van der Waals surface area contributed by atoms with Crippen molar-refractivity contribution in [3.63, 3.8) is 0 Å². The number of allylic oxidation sites excluding steroid dienone is 2. The zero-order valence-corrected chi connectivity index (χ0v) is 21.7. The number of ether oxygens (including phenoxy) is 1. The summed E-state index contributed by atoms with van der Waals surface area (Å²) in [5.41, 5.74) is 5.09. The highest BCUT2D eigenvalue weighted by Crippen LogP contribution is 2.46. The van der Waals surface area contributed by atoms with Gasteiger partial charge in [-0.1, -0.05) is 30.6 Å². The second-order valence-corrected chi connectivity index (χ2v) is 9.95. The van der Waals surface area contributed by atoms with E-state index in [1.54, 1.807) is 6.92 Å². The topological polar surface area (TPSA) is 124 Å². The number of aliphatic hydroxyl groups is 2. The van der Waals surface area contributed by atoms with Crippen LogP contribution in [0.4, 0.5) is 4.79 Å². The fourth-order valence-electron chi connectivity index (χ4n) is 5.76. The number of phenolic OH excluding ortho intramolecular Hbond substituents is 1. The fourth-order valence-corrected chi connectivity index (χ4v) is 5.76. The Morgan fingerprint density at radius 2 is 1.81 bits per heavy atom. The molecule has 8 heteroatoms. The predicted molar refractivity (Wildman–Crippen MR) is 135 cm³/mol. The molecule has 4 atom stereocenters. The van der Waals surface area contributed by atoms with Crippen LogP contribution >= 0.6 is 0 Å². The van der Waals surface area contributed by atoms with Crippen LogP contribution < -0.4 is 0 Å². The van der Waals surface area contributed by atoms with Crippen LogP contribution in [0.2, 0.25) is 0 Å². The minimum Gasteiger partial charge on any atom is -0.507 e. The Balaban J connectivity index is 1.83. The highest BCUT2D eigenvalue weighted by Gasteiger charge is 2.56. The molecule has 1 aromatic carbocycles. The molecular weight excluding hydrogens is 462 g/mol. The number of aryl methyl sites for hydroxylation is 2. The number of aromatic hydroxyl groups is 1. The van der Waals surface area contributed by atoms with Gasteiger partial charge in [-0.05, 0) is 80.9 Å². The van der Waals surface area contributed by atoms with Gasteiger partial charge in [0.15, 0.2) is 0 Å². The summed E-state index contributed by atoms with van der Waals surface area (Å²) in [4.78, 5) is 38.3. The number of benzene rings is 1. The quantitative estimate of drug-likeness (QED) is 0.364. The molecule has 0 bridgehead atoms. The molecule has 1 heterocycles. The van der Waals surface area contributed by atoms with Crippen molar-refractivity contribution in [1.82, 2.24) is 4.90 Å². The number of phenols is 1. The fraction of sp³-hybridized carbons (Fsp3) is 0.536. The minimum absolute atomic E-state index is 0.245. The Morgan fingerprint density at radius 1 is 1.17 bits per heavy atom. The van der Waals surface area contributed by atoms with Crippen LogP contribution in [0, 0.1) is 31.6 Å². The van der Waals surface area contributed by atoms with E-state index in [0.29, 0.717) is 29.1 Å². The number of aliphatic hydroxyl groups excluding tert-OH is 2. The predicted octanol–water partition coefficient (Wildman–Crippen LogP) is 4.03. The van der Waals surface area contributed by atoms with Crippen molar-refractivity contribution in [1.29, 1.82) is 0 Å². The number of hydrogen-bond acceptors (Lipinski definition) is 7. The van der Waals surface area contributed by atoms with Crippen molar-refractivity contribution in [3.8, 4) is 5.75 Å². The summed E-state index contributed by atoms with van der Waals surface area (Å²) in [5, 5.41) is 31.5. The van der Waals surface area contributed by atoms with Gasteiger partial charge >= 0.3 is 6.09 Å². The lowest BCUT2D eigenvalue weighted by Crippen LogP contribution is -2.39. The molecule has 3 amide bonds. The summed E-state index contributed by atoms with van der Waals surface area (Å²) in [7, 11) is 1.11. The van der Waals surface area contributed by atoms with Crippen molar-refractivity contribution in [2.24, 2.45) is 17.8 Å². The number of carbonyl (C=O) groups is 3. The van der Waals surface area contributed by atoms with Gasteiger partial charge in [0, 0.05) is 5.92 Å². The van der Waals surface area contributed by atoms with Gasteiger partial charge < -0.3 is 20.1 Å². The SMILES string of the molecule is CCC/C(=C\c1cc(C)c(O)c(C)c1)CC[C@@H](O)C1=C(C)C[C@H]2C(=O)N(C(=O)OC)C(=O)[C@H]2[C@H]1CO. The Labute approximate surface area is 212 Å². The van der Waals surface area contributed by atoms with E-state index in [4.69, 9.17) is 0 Å². The van der Waals surface area contributed by atoms with E-state index < -0.39 is 48.4 Å². The van der Waals surface area contributed by atoms with Crippen molar-refractivity contribution >= 4 is 24.0 Å². The molecule has 0 saturated carbocycles. The maximum atomic E-state index is 13.0. The molecule has 1 aliphatic carbocycles. The molecule has 3 rings (SSSR count). The van der Waals surface area contributed by atoms with Crippen molar-refractivity contribution in [2.75, 3.05) is 13.7 Å². The second-order valence-electron chi connectivity index (χ2n) is 9.95. The van der Waals surface area contributed by atoms with Crippen LogP contribution in [0.5, 0.6) is 5.75 Å². The molecule has 0 aromatic heterocycles. The first kappa shape index (κ1) is 27.6. The molecule has 1 aromatic rings. The molecule has 0 radical (unpaired) electrons. The van der Waals surface area contributed by atoms with E-state index in [0.717, 1.165) is 47.8 Å². The normalized spacial score (nSPS) is 23.2. The maximum Gasteiger partial charge on any atom is 0.423 e. The third-order valence-corrected chi connectivity index (χ3v) is 7.44. The summed E-state index contributed by atoms with van der Waals surface area (Å²) in [6.07, 6.45) is 3.19. The van der Waals surface area contributed by atoms with Gasteiger partial charge in [0.05, 0.1) is 31.7 Å². The van der Waals surface area contributed by atoms with E-state index in [2.05, 4.69) is 17.7 Å². The first-order valence-corrected chi connectivity index (χ1v) is 12.5. The highest BCUT2D eigenvalue weighted by atomic mass is 16.5. The standard InChI is InChI=1S/C28H37NO7/c1-6-7-18(13-19-10-16(3)25(32)17(4)11-19)8-9-22(31)23-15(2)12-20-24(21(23)14-30)27(34)29(26(20)33)28(35)36-5/h10-11,13,20-22,24,30-32H,6-9,12,14H2,1-5H3/b18-13+/t20-,21+,22-,24-/m1/s1. The van der Waals surface area contributed by atoms with E-state index in [1.807, 2.05) is 26.0 Å². The van der Waals surface area contributed by atoms with E-state index in [-0.39, 0.29) is 6.42 Å².